The molecule has 1 amide bonds. The molecule has 5 heteroatoms. The molecule has 1 saturated carbocycles. The van der Waals surface area contributed by atoms with Gasteiger partial charge in [0, 0.05) is 19.1 Å². The highest BCUT2D eigenvalue weighted by Gasteiger charge is 2.53. The van der Waals surface area contributed by atoms with E-state index in [1.807, 2.05) is 0 Å². The van der Waals surface area contributed by atoms with Crippen LogP contribution in [0.5, 0.6) is 11.5 Å². The van der Waals surface area contributed by atoms with Gasteiger partial charge in [0.2, 0.25) is 0 Å². The Morgan fingerprint density at radius 2 is 2.00 bits per heavy atom. The number of hydrogen-bond acceptors (Lipinski definition) is 4. The van der Waals surface area contributed by atoms with Crippen LogP contribution in [-0.4, -0.2) is 35.3 Å². The van der Waals surface area contributed by atoms with Gasteiger partial charge >= 0.3 is 0 Å². The predicted octanol–water partition coefficient (Wildman–Crippen LogP) is 0.0454. The summed E-state index contributed by atoms with van der Waals surface area (Å²) in [6.07, 6.45) is 0. The molecule has 17 heavy (non-hydrogen) atoms. The molecule has 1 saturated heterocycles. The number of aromatic hydroxyl groups is 2. The summed E-state index contributed by atoms with van der Waals surface area (Å²) in [7, 11) is 0. The largest absolute Gasteiger partial charge is 0.504 e. The minimum Gasteiger partial charge on any atom is -0.504 e. The van der Waals surface area contributed by atoms with E-state index in [0.29, 0.717) is 11.8 Å². The number of benzene rings is 1. The Balaban J connectivity index is 1.72. The zero-order chi connectivity index (χ0) is 12.0. The molecule has 90 valence electrons. The molecule has 0 bridgehead atoms. The molecule has 1 heterocycles. The maximum Gasteiger partial charge on any atom is 0.255 e. The summed E-state index contributed by atoms with van der Waals surface area (Å²) in [4.78, 5) is 11.9. The van der Waals surface area contributed by atoms with Crippen LogP contribution in [0.4, 0.5) is 0 Å². The Kier molecular flexibility index (Phi) is 2.22. The molecule has 2 atom stereocenters. The number of amides is 1. The number of carbonyl (C=O) groups is 1. The van der Waals surface area contributed by atoms with Crippen molar-refractivity contribution < 1.29 is 15.0 Å². The maximum absolute atomic E-state index is 11.9. The number of hydrogen-bond donors (Lipinski definition) is 4. The first-order chi connectivity index (χ1) is 8.18. The van der Waals surface area contributed by atoms with Gasteiger partial charge in [0.25, 0.3) is 5.91 Å². The van der Waals surface area contributed by atoms with Gasteiger partial charge in [-0.3, -0.25) is 4.79 Å². The second-order valence-electron chi connectivity index (χ2n) is 4.66. The number of piperidine rings is 1. The van der Waals surface area contributed by atoms with Crippen molar-refractivity contribution in [2.24, 2.45) is 11.8 Å². The van der Waals surface area contributed by atoms with Crippen LogP contribution in [0.1, 0.15) is 10.4 Å². The Morgan fingerprint density at radius 3 is 2.71 bits per heavy atom. The van der Waals surface area contributed by atoms with Crippen molar-refractivity contribution in [3.63, 3.8) is 0 Å². The molecule has 1 aliphatic carbocycles. The molecule has 0 radical (unpaired) electrons. The van der Waals surface area contributed by atoms with Crippen molar-refractivity contribution in [3.8, 4) is 11.5 Å². The second kappa shape index (κ2) is 3.63. The Bertz CT molecular complexity index is 465. The average molecular weight is 234 g/mol. The van der Waals surface area contributed by atoms with E-state index in [-0.39, 0.29) is 29.0 Å². The van der Waals surface area contributed by atoms with Gasteiger partial charge in [-0.25, -0.2) is 0 Å². The van der Waals surface area contributed by atoms with Crippen molar-refractivity contribution >= 4 is 5.91 Å². The molecule has 1 aliphatic heterocycles. The van der Waals surface area contributed by atoms with Crippen molar-refractivity contribution in [3.05, 3.63) is 23.8 Å². The van der Waals surface area contributed by atoms with Gasteiger partial charge in [0.15, 0.2) is 11.5 Å². The molecule has 0 spiro atoms. The van der Waals surface area contributed by atoms with Crippen LogP contribution < -0.4 is 10.6 Å². The summed E-state index contributed by atoms with van der Waals surface area (Å²) in [5, 5.41) is 25.0. The first-order valence-corrected chi connectivity index (χ1v) is 5.71. The number of carbonyl (C=O) groups excluding carboxylic acids is 1. The minimum absolute atomic E-state index is 0.128. The zero-order valence-electron chi connectivity index (χ0n) is 9.18. The standard InChI is InChI=1S/C12H14N2O3/c15-9-3-1-2-6(11(9)16)12(17)14-10-7-4-13-5-8(7)10/h1-3,7-8,10,13,15-16H,4-5H2,(H,14,17). The lowest BCUT2D eigenvalue weighted by atomic mass is 10.1. The van der Waals surface area contributed by atoms with Gasteiger partial charge in [0.05, 0.1) is 5.56 Å². The van der Waals surface area contributed by atoms with Crippen LogP contribution in [-0.2, 0) is 0 Å². The monoisotopic (exact) mass is 234 g/mol. The molecule has 3 rings (SSSR count). The van der Waals surface area contributed by atoms with Gasteiger partial charge in [-0.1, -0.05) is 6.07 Å². The fourth-order valence-corrected chi connectivity index (χ4v) is 2.58. The molecule has 2 aliphatic rings. The van der Waals surface area contributed by atoms with E-state index in [1.54, 1.807) is 6.07 Å². The molecule has 0 aromatic heterocycles. The average Bonchev–Trinajstić information content (AvgIpc) is 2.76. The second-order valence-corrected chi connectivity index (χ2v) is 4.66. The zero-order valence-corrected chi connectivity index (χ0v) is 9.18. The van der Waals surface area contributed by atoms with Crippen molar-refractivity contribution in [2.75, 3.05) is 13.1 Å². The number of nitrogens with one attached hydrogen (secondary N) is 2. The SMILES string of the molecule is O=C(NC1C2CNCC21)c1cccc(O)c1O. The van der Waals surface area contributed by atoms with E-state index in [1.165, 1.54) is 12.1 Å². The summed E-state index contributed by atoms with van der Waals surface area (Å²) >= 11 is 0. The van der Waals surface area contributed by atoms with E-state index < -0.39 is 0 Å². The van der Waals surface area contributed by atoms with E-state index >= 15 is 0 Å². The van der Waals surface area contributed by atoms with Gasteiger partial charge in [-0.2, -0.15) is 0 Å². The molecular formula is C12H14N2O3. The van der Waals surface area contributed by atoms with E-state index in [9.17, 15) is 15.0 Å². The molecule has 1 aromatic carbocycles. The van der Waals surface area contributed by atoms with Crippen LogP contribution in [0.15, 0.2) is 18.2 Å². The maximum atomic E-state index is 11.9. The van der Waals surface area contributed by atoms with Crippen LogP contribution in [0.3, 0.4) is 0 Å². The lowest BCUT2D eigenvalue weighted by Crippen LogP contribution is -2.32. The smallest absolute Gasteiger partial charge is 0.255 e. The summed E-state index contributed by atoms with van der Waals surface area (Å²) in [6.45, 7) is 1.89. The first-order valence-electron chi connectivity index (χ1n) is 5.71. The minimum atomic E-state index is -0.353. The Labute approximate surface area is 98.5 Å². The van der Waals surface area contributed by atoms with Crippen LogP contribution >= 0.6 is 0 Å². The van der Waals surface area contributed by atoms with Gasteiger partial charge < -0.3 is 20.8 Å². The van der Waals surface area contributed by atoms with Crippen molar-refractivity contribution in [2.45, 2.75) is 6.04 Å². The molecule has 5 nitrogen and oxygen atoms in total. The van der Waals surface area contributed by atoms with Crippen LogP contribution in [0, 0.1) is 11.8 Å². The fourth-order valence-electron chi connectivity index (χ4n) is 2.58. The third-order valence-corrected chi connectivity index (χ3v) is 3.65. The highest BCUT2D eigenvalue weighted by atomic mass is 16.3. The number of phenolic OH excluding ortho intramolecular Hbond substituents is 2. The van der Waals surface area contributed by atoms with Crippen molar-refractivity contribution in [1.82, 2.24) is 10.6 Å². The predicted molar refractivity (Wildman–Crippen MR) is 60.9 cm³/mol. The van der Waals surface area contributed by atoms with Crippen LogP contribution in [0.2, 0.25) is 0 Å². The molecule has 2 fully saturated rings. The Morgan fingerprint density at radius 1 is 1.29 bits per heavy atom. The van der Waals surface area contributed by atoms with Crippen LogP contribution in [0.25, 0.3) is 0 Å². The molecule has 2 unspecified atom stereocenters. The highest BCUT2D eigenvalue weighted by Crippen LogP contribution is 2.42. The van der Waals surface area contributed by atoms with E-state index in [0.717, 1.165) is 13.1 Å². The topological polar surface area (TPSA) is 81.6 Å². The third kappa shape index (κ3) is 1.63. The van der Waals surface area contributed by atoms with Gasteiger partial charge in [0.1, 0.15) is 0 Å². The summed E-state index contributed by atoms with van der Waals surface area (Å²) < 4.78 is 0. The summed E-state index contributed by atoms with van der Waals surface area (Å²) in [5.41, 5.74) is 0.128. The quantitative estimate of drug-likeness (QED) is 0.545. The van der Waals surface area contributed by atoms with Gasteiger partial charge in [-0.05, 0) is 24.0 Å². The summed E-state index contributed by atoms with van der Waals surface area (Å²) in [5.74, 6) is 0.110. The molecule has 4 N–H and O–H groups in total. The highest BCUT2D eigenvalue weighted by molar-refractivity contribution is 5.98. The normalized spacial score (nSPS) is 29.8. The summed E-state index contributed by atoms with van der Waals surface area (Å²) in [6, 6.07) is 4.60. The van der Waals surface area contributed by atoms with Crippen molar-refractivity contribution in [1.29, 1.82) is 0 Å². The Hall–Kier alpha value is -1.75. The number of rotatable bonds is 2. The van der Waals surface area contributed by atoms with E-state index in [2.05, 4.69) is 10.6 Å². The number of fused-ring (bicyclic) bond motifs is 1. The fraction of sp³-hybridized carbons (Fsp3) is 0.417. The molecule has 1 aromatic rings. The van der Waals surface area contributed by atoms with Gasteiger partial charge in [-0.15, -0.1) is 0 Å². The number of para-hydroxylation sites is 1. The molecular weight excluding hydrogens is 220 g/mol. The third-order valence-electron chi connectivity index (χ3n) is 3.65. The first kappa shape index (κ1) is 10.4. The lowest BCUT2D eigenvalue weighted by molar-refractivity contribution is 0.0943. The lowest BCUT2D eigenvalue weighted by Gasteiger charge is -2.09. The van der Waals surface area contributed by atoms with E-state index in [4.69, 9.17) is 0 Å². The number of phenols is 2.